The molecule has 2 amide bonds. The summed E-state index contributed by atoms with van der Waals surface area (Å²) < 4.78 is 0. The van der Waals surface area contributed by atoms with E-state index in [0.29, 0.717) is 38.9 Å². The number of nitriles is 1. The van der Waals surface area contributed by atoms with Crippen LogP contribution in [0.3, 0.4) is 0 Å². The second-order valence-corrected chi connectivity index (χ2v) is 8.48. The van der Waals surface area contributed by atoms with E-state index in [0.717, 1.165) is 11.4 Å². The number of rotatable bonds is 2. The van der Waals surface area contributed by atoms with E-state index in [9.17, 15) is 14.9 Å². The van der Waals surface area contributed by atoms with Gasteiger partial charge in [0.1, 0.15) is 5.41 Å². The van der Waals surface area contributed by atoms with Crippen molar-refractivity contribution in [3.05, 3.63) is 17.0 Å². The third-order valence-electron chi connectivity index (χ3n) is 5.41. The van der Waals surface area contributed by atoms with Crippen molar-refractivity contribution in [2.24, 2.45) is 10.8 Å². The van der Waals surface area contributed by atoms with Crippen LogP contribution in [0.5, 0.6) is 0 Å². The van der Waals surface area contributed by atoms with Gasteiger partial charge in [-0.15, -0.1) is 11.3 Å². The van der Waals surface area contributed by atoms with Gasteiger partial charge in [0, 0.05) is 36.3 Å². The van der Waals surface area contributed by atoms with Gasteiger partial charge in [0.25, 0.3) is 0 Å². The highest BCUT2D eigenvalue weighted by atomic mass is 32.1. The molecule has 1 atom stereocenters. The third kappa shape index (κ3) is 2.26. The maximum atomic E-state index is 12.5. The van der Waals surface area contributed by atoms with E-state index in [1.165, 1.54) is 4.88 Å². The molecule has 1 saturated carbocycles. The number of hydrogen-bond acceptors (Lipinski definition) is 4. The number of aryl methyl sites for hydroxylation is 1. The number of amides is 2. The first-order valence-electron chi connectivity index (χ1n) is 8.05. The van der Waals surface area contributed by atoms with E-state index in [1.54, 1.807) is 11.3 Å². The minimum absolute atomic E-state index is 0.0188. The number of nitrogens with zero attached hydrogens (tertiary/aromatic N) is 3. The number of carbonyl (C=O) groups is 2. The van der Waals surface area contributed by atoms with Crippen LogP contribution in [0, 0.1) is 29.1 Å². The van der Waals surface area contributed by atoms with Crippen LogP contribution in [-0.2, 0) is 9.59 Å². The molecule has 3 heterocycles. The van der Waals surface area contributed by atoms with Crippen LogP contribution in [0.15, 0.2) is 12.1 Å². The molecule has 1 spiro atoms. The Hall–Kier alpha value is -1.87. The van der Waals surface area contributed by atoms with Gasteiger partial charge in [-0.25, -0.2) is 0 Å². The molecule has 0 aromatic carbocycles. The average molecular weight is 329 g/mol. The second-order valence-electron chi connectivity index (χ2n) is 7.21. The first kappa shape index (κ1) is 14.7. The molecular weight excluding hydrogens is 310 g/mol. The molecule has 5 nitrogen and oxygen atoms in total. The van der Waals surface area contributed by atoms with Crippen molar-refractivity contribution in [3.8, 4) is 6.07 Å². The van der Waals surface area contributed by atoms with Gasteiger partial charge in [0.15, 0.2) is 0 Å². The van der Waals surface area contributed by atoms with Gasteiger partial charge in [-0.1, -0.05) is 0 Å². The van der Waals surface area contributed by atoms with Crippen LogP contribution in [-0.4, -0.2) is 36.3 Å². The number of carbonyl (C=O) groups excluding carboxylic acids is 2. The summed E-state index contributed by atoms with van der Waals surface area (Å²) in [5.74, 6) is 0.136. The molecule has 1 aliphatic carbocycles. The molecule has 0 radical (unpaired) electrons. The van der Waals surface area contributed by atoms with Crippen molar-refractivity contribution in [2.45, 2.75) is 32.6 Å². The summed E-state index contributed by atoms with van der Waals surface area (Å²) >= 11 is 1.64. The number of likely N-dealkylation sites (tertiary alicyclic amines) is 1. The Labute approximate surface area is 139 Å². The van der Waals surface area contributed by atoms with Gasteiger partial charge in [-0.05, 0) is 38.3 Å². The fourth-order valence-corrected chi connectivity index (χ4v) is 4.72. The fourth-order valence-electron chi connectivity index (χ4n) is 3.85. The van der Waals surface area contributed by atoms with Crippen LogP contribution in [0.4, 0.5) is 5.00 Å². The molecule has 120 valence electrons. The topological polar surface area (TPSA) is 64.4 Å². The Kier molecular flexibility index (Phi) is 3.08. The van der Waals surface area contributed by atoms with Gasteiger partial charge in [-0.3, -0.25) is 9.59 Å². The quantitative estimate of drug-likeness (QED) is 0.836. The van der Waals surface area contributed by atoms with E-state index < -0.39 is 5.41 Å². The summed E-state index contributed by atoms with van der Waals surface area (Å²) in [6, 6.07) is 6.23. The van der Waals surface area contributed by atoms with Gasteiger partial charge in [-0.2, -0.15) is 5.26 Å². The SMILES string of the molecule is Cc1ccc(N2CC3(CCN(C(=O)C4(C#N)CC4)C3)CC2=O)s1. The van der Waals surface area contributed by atoms with Gasteiger partial charge in [0.2, 0.25) is 11.8 Å². The summed E-state index contributed by atoms with van der Waals surface area (Å²) in [4.78, 5) is 29.9. The minimum Gasteiger partial charge on any atom is -0.341 e. The van der Waals surface area contributed by atoms with E-state index in [2.05, 4.69) is 6.07 Å². The molecule has 6 heteroatoms. The third-order valence-corrected chi connectivity index (χ3v) is 6.44. The Morgan fingerprint density at radius 1 is 1.30 bits per heavy atom. The lowest BCUT2D eigenvalue weighted by Gasteiger charge is -2.24. The molecule has 1 aromatic rings. The molecule has 0 bridgehead atoms. The van der Waals surface area contributed by atoms with Crippen LogP contribution in [0.2, 0.25) is 0 Å². The zero-order valence-electron chi connectivity index (χ0n) is 13.2. The zero-order chi connectivity index (χ0) is 16.2. The van der Waals surface area contributed by atoms with Crippen molar-refractivity contribution in [3.63, 3.8) is 0 Å². The molecule has 2 aliphatic heterocycles. The van der Waals surface area contributed by atoms with Gasteiger partial charge in [0.05, 0.1) is 11.1 Å². The smallest absolute Gasteiger partial charge is 0.243 e. The summed E-state index contributed by atoms with van der Waals surface area (Å²) in [7, 11) is 0. The molecule has 3 aliphatic rings. The summed E-state index contributed by atoms with van der Waals surface area (Å²) in [6.45, 7) is 4.02. The normalized spacial score (nSPS) is 28.4. The van der Waals surface area contributed by atoms with Gasteiger partial charge < -0.3 is 9.80 Å². The van der Waals surface area contributed by atoms with Crippen LogP contribution >= 0.6 is 11.3 Å². The van der Waals surface area contributed by atoms with Gasteiger partial charge >= 0.3 is 0 Å². The van der Waals surface area contributed by atoms with Crippen molar-refractivity contribution in [2.75, 3.05) is 24.5 Å². The van der Waals surface area contributed by atoms with Crippen LogP contribution < -0.4 is 4.90 Å². The summed E-state index contributed by atoms with van der Waals surface area (Å²) in [5, 5.41) is 10.2. The van der Waals surface area contributed by atoms with Crippen LogP contribution in [0.1, 0.15) is 30.6 Å². The monoisotopic (exact) mass is 329 g/mol. The van der Waals surface area contributed by atoms with Crippen molar-refractivity contribution in [1.82, 2.24) is 4.90 Å². The highest BCUT2D eigenvalue weighted by Crippen LogP contribution is 2.49. The Balaban J connectivity index is 1.50. The predicted molar refractivity (Wildman–Crippen MR) is 86.9 cm³/mol. The first-order valence-corrected chi connectivity index (χ1v) is 8.86. The molecule has 4 rings (SSSR count). The van der Waals surface area contributed by atoms with E-state index in [-0.39, 0.29) is 17.2 Å². The molecule has 3 fully saturated rings. The first-order chi connectivity index (χ1) is 11.0. The standard InChI is InChI=1S/C17H19N3O2S/c1-12-2-3-14(23-12)20-11-16(8-13(20)21)6-7-19(10-16)15(22)17(9-18)4-5-17/h2-3H,4-8,10-11H2,1H3. The molecule has 23 heavy (non-hydrogen) atoms. The average Bonchev–Trinajstić information content (AvgIpc) is 2.86. The lowest BCUT2D eigenvalue weighted by Crippen LogP contribution is -2.37. The Morgan fingerprint density at radius 2 is 2.09 bits per heavy atom. The van der Waals surface area contributed by atoms with Crippen LogP contribution in [0.25, 0.3) is 0 Å². The Morgan fingerprint density at radius 3 is 2.70 bits per heavy atom. The molecular formula is C17H19N3O2S. The minimum atomic E-state index is -0.751. The van der Waals surface area contributed by atoms with E-state index in [4.69, 9.17) is 0 Å². The molecule has 1 unspecified atom stereocenters. The van der Waals surface area contributed by atoms with Crippen molar-refractivity contribution < 1.29 is 9.59 Å². The van der Waals surface area contributed by atoms with Crippen molar-refractivity contribution >= 4 is 28.2 Å². The fraction of sp³-hybridized carbons (Fsp3) is 0.588. The molecule has 1 aromatic heterocycles. The molecule has 2 saturated heterocycles. The summed E-state index contributed by atoms with van der Waals surface area (Å²) in [6.07, 6.45) is 2.73. The lowest BCUT2D eigenvalue weighted by molar-refractivity contribution is -0.134. The largest absolute Gasteiger partial charge is 0.341 e. The van der Waals surface area contributed by atoms with E-state index in [1.807, 2.05) is 28.9 Å². The number of thiophene rings is 1. The van der Waals surface area contributed by atoms with Crippen molar-refractivity contribution in [1.29, 1.82) is 5.26 Å². The maximum absolute atomic E-state index is 12.5. The second kappa shape index (κ2) is 4.81. The lowest BCUT2D eigenvalue weighted by atomic mass is 9.86. The maximum Gasteiger partial charge on any atom is 0.243 e. The summed E-state index contributed by atoms with van der Waals surface area (Å²) in [5.41, 5.74) is -0.880. The number of anilines is 1. The Bertz CT molecular complexity index is 730. The highest BCUT2D eigenvalue weighted by molar-refractivity contribution is 7.16. The predicted octanol–water partition coefficient (Wildman–Crippen LogP) is 2.32. The highest BCUT2D eigenvalue weighted by Gasteiger charge is 2.56. The van der Waals surface area contributed by atoms with E-state index >= 15 is 0 Å². The number of hydrogen-bond donors (Lipinski definition) is 0. The zero-order valence-corrected chi connectivity index (χ0v) is 14.0. The molecule has 0 N–H and O–H groups in total.